The van der Waals surface area contributed by atoms with Crippen molar-refractivity contribution in [2.24, 2.45) is 0 Å². The summed E-state index contributed by atoms with van der Waals surface area (Å²) in [6, 6.07) is 7.39. The topological polar surface area (TPSA) is 71.1 Å². The van der Waals surface area contributed by atoms with Crippen molar-refractivity contribution in [3.05, 3.63) is 40.4 Å². The van der Waals surface area contributed by atoms with E-state index in [4.69, 9.17) is 0 Å². The number of carbonyl (C=O) groups excluding carboxylic acids is 2. The van der Waals surface area contributed by atoms with E-state index in [9.17, 15) is 9.59 Å². The van der Waals surface area contributed by atoms with Crippen LogP contribution >= 0.6 is 11.3 Å². The molecule has 5 nitrogen and oxygen atoms in total. The highest BCUT2D eigenvalue weighted by Gasteiger charge is 2.16. The third-order valence-corrected chi connectivity index (χ3v) is 4.06. The third-order valence-electron chi connectivity index (χ3n) is 3.08. The van der Waals surface area contributed by atoms with Gasteiger partial charge < -0.3 is 5.32 Å². The van der Waals surface area contributed by atoms with Gasteiger partial charge in [0.2, 0.25) is 0 Å². The Balaban J connectivity index is 1.97. The lowest BCUT2D eigenvalue weighted by Gasteiger charge is -2.05. The number of nitrogens with zero attached hydrogens (tertiary/aromatic N) is 1. The lowest BCUT2D eigenvalue weighted by Crippen LogP contribution is -2.29. The molecular weight excluding hydrogens is 286 g/mol. The molecular formula is C15H17N3O2S. The predicted octanol–water partition coefficient (Wildman–Crippen LogP) is 2.90. The molecule has 1 aromatic carbocycles. The lowest BCUT2D eigenvalue weighted by atomic mass is 10.1. The summed E-state index contributed by atoms with van der Waals surface area (Å²) in [4.78, 5) is 28.8. The number of aryl methyl sites for hydroxylation is 3. The fourth-order valence-electron chi connectivity index (χ4n) is 1.69. The van der Waals surface area contributed by atoms with E-state index in [1.54, 1.807) is 12.1 Å². The van der Waals surface area contributed by atoms with Crippen molar-refractivity contribution in [1.82, 2.24) is 4.98 Å². The predicted molar refractivity (Wildman–Crippen MR) is 84.7 cm³/mol. The van der Waals surface area contributed by atoms with Gasteiger partial charge in [0.1, 0.15) is 0 Å². The second kappa shape index (κ2) is 6.49. The minimum Gasteiger partial charge on any atom is -0.318 e. The fraction of sp³-hybridized carbons (Fsp3) is 0.267. The standard InChI is InChI=1S/C15H17N3O2S/c1-4-11-5-7-12(8-6-11)17-13(19)14(20)18-15-16-9(2)10(3)21-15/h5-8H,4H2,1-3H3,(H,17,19)(H,16,18,20). The number of hydrogen-bond donors (Lipinski definition) is 2. The highest BCUT2D eigenvalue weighted by atomic mass is 32.1. The molecule has 110 valence electrons. The minimum absolute atomic E-state index is 0.437. The smallest absolute Gasteiger partial charge is 0.315 e. The summed E-state index contributed by atoms with van der Waals surface area (Å²) >= 11 is 1.35. The van der Waals surface area contributed by atoms with Gasteiger partial charge in [-0.05, 0) is 38.0 Å². The zero-order valence-electron chi connectivity index (χ0n) is 12.2. The van der Waals surface area contributed by atoms with E-state index < -0.39 is 11.8 Å². The SMILES string of the molecule is CCc1ccc(NC(=O)C(=O)Nc2nc(C)c(C)s2)cc1. The maximum Gasteiger partial charge on any atom is 0.315 e. The van der Waals surface area contributed by atoms with Crippen LogP contribution in [0.1, 0.15) is 23.1 Å². The van der Waals surface area contributed by atoms with E-state index >= 15 is 0 Å². The number of anilines is 2. The number of thiazole rings is 1. The normalized spacial score (nSPS) is 10.2. The number of aromatic nitrogens is 1. The van der Waals surface area contributed by atoms with Gasteiger partial charge in [-0.25, -0.2) is 4.98 Å². The van der Waals surface area contributed by atoms with Crippen molar-refractivity contribution in [3.8, 4) is 0 Å². The van der Waals surface area contributed by atoms with Crippen molar-refractivity contribution in [1.29, 1.82) is 0 Å². The number of carbonyl (C=O) groups is 2. The van der Waals surface area contributed by atoms with Crippen molar-refractivity contribution >= 4 is 34.0 Å². The van der Waals surface area contributed by atoms with Crippen molar-refractivity contribution < 1.29 is 9.59 Å². The minimum atomic E-state index is -0.719. The van der Waals surface area contributed by atoms with Crippen LogP contribution in [0.25, 0.3) is 0 Å². The molecule has 0 aliphatic carbocycles. The fourth-order valence-corrected chi connectivity index (χ4v) is 2.50. The summed E-state index contributed by atoms with van der Waals surface area (Å²) in [5.74, 6) is -1.42. The van der Waals surface area contributed by atoms with Gasteiger partial charge in [0.15, 0.2) is 5.13 Å². The first-order valence-electron chi connectivity index (χ1n) is 6.65. The van der Waals surface area contributed by atoms with Crippen LogP contribution in [-0.2, 0) is 16.0 Å². The average molecular weight is 303 g/mol. The van der Waals surface area contributed by atoms with Crippen molar-refractivity contribution in [2.75, 3.05) is 10.6 Å². The number of hydrogen-bond acceptors (Lipinski definition) is 4. The number of amides is 2. The zero-order valence-corrected chi connectivity index (χ0v) is 13.0. The van der Waals surface area contributed by atoms with Gasteiger partial charge in [-0.2, -0.15) is 0 Å². The zero-order chi connectivity index (χ0) is 15.4. The molecule has 2 aromatic rings. The monoisotopic (exact) mass is 303 g/mol. The summed E-state index contributed by atoms with van der Waals surface area (Å²) in [6.45, 7) is 5.83. The highest BCUT2D eigenvalue weighted by molar-refractivity contribution is 7.15. The van der Waals surface area contributed by atoms with Gasteiger partial charge in [-0.3, -0.25) is 14.9 Å². The second-order valence-electron chi connectivity index (χ2n) is 4.62. The summed E-state index contributed by atoms with van der Waals surface area (Å²) in [5.41, 5.74) is 2.62. The van der Waals surface area contributed by atoms with Crippen LogP contribution in [0.2, 0.25) is 0 Å². The van der Waals surface area contributed by atoms with Crippen molar-refractivity contribution in [3.63, 3.8) is 0 Å². The molecule has 6 heteroatoms. The van der Waals surface area contributed by atoms with Crippen LogP contribution in [0.3, 0.4) is 0 Å². The molecule has 0 aliphatic rings. The molecule has 0 saturated carbocycles. The van der Waals surface area contributed by atoms with E-state index in [-0.39, 0.29) is 0 Å². The van der Waals surface area contributed by atoms with E-state index in [0.717, 1.165) is 17.0 Å². The molecule has 0 radical (unpaired) electrons. The molecule has 0 atom stereocenters. The Morgan fingerprint density at radius 3 is 2.24 bits per heavy atom. The van der Waals surface area contributed by atoms with Gasteiger partial charge in [-0.1, -0.05) is 19.1 Å². The van der Waals surface area contributed by atoms with Gasteiger partial charge >= 0.3 is 11.8 Å². The first kappa shape index (κ1) is 15.2. The largest absolute Gasteiger partial charge is 0.318 e. The summed E-state index contributed by atoms with van der Waals surface area (Å²) in [5, 5.41) is 5.50. The Morgan fingerprint density at radius 2 is 1.71 bits per heavy atom. The van der Waals surface area contributed by atoms with Crippen LogP contribution in [-0.4, -0.2) is 16.8 Å². The summed E-state index contributed by atoms with van der Waals surface area (Å²) in [6.07, 6.45) is 0.928. The molecule has 0 fully saturated rings. The maximum absolute atomic E-state index is 11.8. The molecule has 21 heavy (non-hydrogen) atoms. The van der Waals surface area contributed by atoms with Crippen molar-refractivity contribution in [2.45, 2.75) is 27.2 Å². The molecule has 2 N–H and O–H groups in total. The van der Waals surface area contributed by atoms with E-state index in [1.165, 1.54) is 16.9 Å². The van der Waals surface area contributed by atoms with E-state index in [2.05, 4.69) is 22.5 Å². The van der Waals surface area contributed by atoms with Gasteiger partial charge in [0, 0.05) is 10.6 Å². The van der Waals surface area contributed by atoms with Crippen LogP contribution in [0.15, 0.2) is 24.3 Å². The van der Waals surface area contributed by atoms with Crippen LogP contribution in [0.4, 0.5) is 10.8 Å². The maximum atomic E-state index is 11.8. The first-order valence-corrected chi connectivity index (χ1v) is 7.46. The molecule has 2 rings (SSSR count). The first-order chi connectivity index (χ1) is 9.99. The Kier molecular flexibility index (Phi) is 4.70. The Labute approximate surface area is 127 Å². The molecule has 0 spiro atoms. The van der Waals surface area contributed by atoms with Crippen LogP contribution < -0.4 is 10.6 Å². The Bertz CT molecular complexity index is 643. The Hall–Kier alpha value is -2.21. The Morgan fingerprint density at radius 1 is 1.10 bits per heavy atom. The van der Waals surface area contributed by atoms with Gasteiger partial charge in [0.25, 0.3) is 0 Å². The van der Waals surface area contributed by atoms with Gasteiger partial charge in [-0.15, -0.1) is 11.3 Å². The molecule has 1 aromatic heterocycles. The quantitative estimate of drug-likeness (QED) is 0.856. The molecule has 0 bridgehead atoms. The van der Waals surface area contributed by atoms with Crippen LogP contribution in [0, 0.1) is 13.8 Å². The van der Waals surface area contributed by atoms with Crippen LogP contribution in [0.5, 0.6) is 0 Å². The molecule has 2 amide bonds. The third kappa shape index (κ3) is 3.88. The lowest BCUT2D eigenvalue weighted by molar-refractivity contribution is -0.132. The number of nitrogens with one attached hydrogen (secondary N) is 2. The summed E-state index contributed by atoms with van der Waals surface area (Å²) < 4.78 is 0. The molecule has 1 heterocycles. The van der Waals surface area contributed by atoms with E-state index in [0.29, 0.717) is 10.8 Å². The highest BCUT2D eigenvalue weighted by Crippen LogP contribution is 2.21. The summed E-state index contributed by atoms with van der Waals surface area (Å²) in [7, 11) is 0. The average Bonchev–Trinajstić information content (AvgIpc) is 2.78. The molecule has 0 unspecified atom stereocenters. The second-order valence-corrected chi connectivity index (χ2v) is 5.82. The van der Waals surface area contributed by atoms with E-state index in [1.807, 2.05) is 26.0 Å². The molecule has 0 saturated heterocycles. The number of benzene rings is 1. The van der Waals surface area contributed by atoms with Gasteiger partial charge in [0.05, 0.1) is 5.69 Å². The number of rotatable bonds is 3. The molecule has 0 aliphatic heterocycles.